The number of amides is 2. The van der Waals surface area contributed by atoms with Crippen molar-refractivity contribution in [3.63, 3.8) is 0 Å². The van der Waals surface area contributed by atoms with E-state index in [0.29, 0.717) is 31.5 Å². The zero-order chi connectivity index (χ0) is 34.8. The summed E-state index contributed by atoms with van der Waals surface area (Å²) in [6.07, 6.45) is 11.3. The fourth-order valence-corrected chi connectivity index (χ4v) is 4.29. The van der Waals surface area contributed by atoms with E-state index in [-0.39, 0.29) is 0 Å². The molecule has 0 rings (SSSR count). The predicted octanol–water partition coefficient (Wildman–Crippen LogP) is 8.50. The fourth-order valence-electron chi connectivity index (χ4n) is 4.29. The largest absolute Gasteiger partial charge is 0.444 e. The summed E-state index contributed by atoms with van der Waals surface area (Å²) in [5.74, 6) is 0. The molecule has 0 bridgehead atoms. The van der Waals surface area contributed by atoms with Crippen molar-refractivity contribution in [2.24, 2.45) is 0 Å². The quantitative estimate of drug-likeness (QED) is 0.0827. The van der Waals surface area contributed by atoms with Crippen molar-refractivity contribution in [1.82, 2.24) is 10.6 Å². The van der Waals surface area contributed by atoms with E-state index in [1.165, 1.54) is 0 Å². The minimum atomic E-state index is -0.991. The number of hydrogen-bond donors (Lipinski definition) is 4. The Labute approximate surface area is 269 Å². The molecule has 0 fully saturated rings. The van der Waals surface area contributed by atoms with E-state index in [1.807, 2.05) is 115 Å². The molecule has 0 saturated heterocycles. The summed E-state index contributed by atoms with van der Waals surface area (Å²) in [6, 6.07) is 0. The third-order valence-electron chi connectivity index (χ3n) is 7.40. The number of hydrogen-bond acceptors (Lipinski definition) is 6. The molecular weight excluding hydrogens is 556 g/mol. The molecule has 0 aliphatic rings. The number of ether oxygens (including phenoxy) is 2. The monoisotopic (exact) mass is 621 g/mol. The SMILES string of the molecule is C/C=C(\C)C(O)(CCCCNC(=O)OC(C)(C)C)/C(C)=C/C.C=C([CH+]C)C(O)(CCCCNC(=O)OC(C)(C)C)/C(C)=C/C. The first-order valence-corrected chi connectivity index (χ1v) is 15.9. The highest BCUT2D eigenvalue weighted by Gasteiger charge is 2.35. The normalized spacial score (nSPS) is 15.6. The van der Waals surface area contributed by atoms with Gasteiger partial charge in [-0.05, 0) is 138 Å². The number of nitrogens with one attached hydrogen (secondary N) is 2. The smallest absolute Gasteiger partial charge is 0.407 e. The lowest BCUT2D eigenvalue weighted by Crippen LogP contribution is -2.34. The average molecular weight is 622 g/mol. The number of alkyl carbamates (subject to hydrolysis) is 2. The van der Waals surface area contributed by atoms with Gasteiger partial charge in [0.15, 0.2) is 0 Å². The maximum atomic E-state index is 11.5. The highest BCUT2D eigenvalue weighted by Crippen LogP contribution is 2.32. The summed E-state index contributed by atoms with van der Waals surface area (Å²) >= 11 is 0. The van der Waals surface area contributed by atoms with E-state index >= 15 is 0 Å². The Morgan fingerprint density at radius 1 is 0.682 bits per heavy atom. The van der Waals surface area contributed by atoms with Gasteiger partial charge < -0.3 is 30.3 Å². The molecule has 0 saturated carbocycles. The molecule has 44 heavy (non-hydrogen) atoms. The second kappa shape index (κ2) is 20.3. The molecule has 1 atom stereocenters. The van der Waals surface area contributed by atoms with Crippen molar-refractivity contribution in [2.75, 3.05) is 13.1 Å². The van der Waals surface area contributed by atoms with Crippen molar-refractivity contribution in [1.29, 1.82) is 0 Å². The van der Waals surface area contributed by atoms with E-state index in [9.17, 15) is 19.8 Å². The van der Waals surface area contributed by atoms with Crippen LogP contribution in [-0.4, -0.2) is 57.9 Å². The molecule has 0 heterocycles. The number of rotatable bonds is 15. The van der Waals surface area contributed by atoms with Gasteiger partial charge >= 0.3 is 12.2 Å². The average Bonchev–Trinajstić information content (AvgIpc) is 2.92. The molecule has 8 heteroatoms. The summed E-state index contributed by atoms with van der Waals surface area (Å²) in [5, 5.41) is 27.1. The minimum absolute atomic E-state index is 0.392. The van der Waals surface area contributed by atoms with Gasteiger partial charge in [0.1, 0.15) is 28.0 Å². The first-order valence-electron chi connectivity index (χ1n) is 15.9. The maximum Gasteiger partial charge on any atom is 0.407 e. The van der Waals surface area contributed by atoms with Crippen molar-refractivity contribution in [2.45, 2.75) is 151 Å². The third kappa shape index (κ3) is 17.6. The topological polar surface area (TPSA) is 117 Å². The van der Waals surface area contributed by atoms with Crippen LogP contribution in [0.25, 0.3) is 0 Å². The van der Waals surface area contributed by atoms with Gasteiger partial charge in [-0.15, -0.1) is 0 Å². The summed E-state index contributed by atoms with van der Waals surface area (Å²) in [7, 11) is 0. The van der Waals surface area contributed by atoms with E-state index in [0.717, 1.165) is 42.4 Å². The van der Waals surface area contributed by atoms with E-state index in [4.69, 9.17) is 9.47 Å². The fraction of sp³-hybridized carbons (Fsp3) is 0.694. The van der Waals surface area contributed by atoms with E-state index in [1.54, 1.807) is 0 Å². The summed E-state index contributed by atoms with van der Waals surface area (Å²) in [4.78, 5) is 23.0. The van der Waals surface area contributed by atoms with E-state index < -0.39 is 34.6 Å². The van der Waals surface area contributed by atoms with Crippen LogP contribution in [-0.2, 0) is 9.47 Å². The molecule has 0 radical (unpaired) electrons. The zero-order valence-electron chi connectivity index (χ0n) is 30.2. The molecule has 0 aromatic rings. The molecule has 0 spiro atoms. The standard InChI is InChI=1S/C18H33NO3.C18H31NO3/c2*1-8-14(3)18(21,15(4)9-2)12-10-11-13-19-16(20)22-17(5,6)7/h8-9,21H,10-13H2,1-7H3,(H,19,20);8-9,21H,3,10-13H2,1-2,4-7H3/p+1/b14-8+,15-9+;15-9+. The van der Waals surface area contributed by atoms with Crippen LogP contribution in [0.3, 0.4) is 0 Å². The molecule has 0 aliphatic carbocycles. The molecule has 0 aromatic carbocycles. The van der Waals surface area contributed by atoms with Crippen molar-refractivity contribution >= 4 is 12.2 Å². The summed E-state index contributed by atoms with van der Waals surface area (Å²) in [5.41, 5.74) is 0.703. The van der Waals surface area contributed by atoms with Gasteiger partial charge in [0.05, 0.1) is 0 Å². The third-order valence-corrected chi connectivity index (χ3v) is 7.40. The van der Waals surface area contributed by atoms with Crippen LogP contribution in [0.5, 0.6) is 0 Å². The highest BCUT2D eigenvalue weighted by atomic mass is 16.6. The molecular formula is C36H65N2O6+. The van der Waals surface area contributed by atoms with Crippen LogP contribution in [0, 0.1) is 6.42 Å². The molecule has 254 valence electrons. The predicted molar refractivity (Wildman–Crippen MR) is 183 cm³/mol. The summed E-state index contributed by atoms with van der Waals surface area (Å²) in [6.45, 7) is 29.5. The molecule has 1 unspecified atom stereocenters. The van der Waals surface area contributed by atoms with Gasteiger partial charge in [0.25, 0.3) is 0 Å². The number of aliphatic hydroxyl groups is 2. The molecule has 2 amide bonds. The Hall–Kier alpha value is -2.71. The Kier molecular flexibility index (Phi) is 20.1. The van der Waals surface area contributed by atoms with Gasteiger partial charge in [-0.3, -0.25) is 0 Å². The van der Waals surface area contributed by atoms with Crippen LogP contribution in [0.2, 0.25) is 0 Å². The summed E-state index contributed by atoms with van der Waals surface area (Å²) < 4.78 is 10.3. The molecule has 0 aliphatic heterocycles. The lowest BCUT2D eigenvalue weighted by atomic mass is 9.81. The minimum Gasteiger partial charge on any atom is -0.444 e. The first kappa shape index (κ1) is 43.4. The lowest BCUT2D eigenvalue weighted by molar-refractivity contribution is 0.0513. The van der Waals surface area contributed by atoms with E-state index in [2.05, 4.69) is 17.2 Å². The number of unbranched alkanes of at least 4 members (excludes halogenated alkanes) is 2. The number of allylic oxidation sites excluding steroid dienone is 3. The second-order valence-corrected chi connectivity index (χ2v) is 13.2. The molecule has 0 aromatic heterocycles. The Morgan fingerprint density at radius 3 is 1.30 bits per heavy atom. The Bertz CT molecular complexity index is 964. The first-order chi connectivity index (χ1) is 20.1. The number of carbonyl (C=O) groups is 2. The zero-order valence-corrected chi connectivity index (χ0v) is 30.2. The Balaban J connectivity index is 0. The molecule has 4 N–H and O–H groups in total. The van der Waals surface area contributed by atoms with Crippen molar-refractivity contribution in [3.8, 4) is 0 Å². The number of carbonyl (C=O) groups excluding carboxylic acids is 2. The van der Waals surface area contributed by atoms with Gasteiger partial charge in [-0.25, -0.2) is 9.59 Å². The van der Waals surface area contributed by atoms with Crippen molar-refractivity contribution in [3.05, 3.63) is 53.5 Å². The van der Waals surface area contributed by atoms with Gasteiger partial charge in [-0.1, -0.05) is 18.2 Å². The van der Waals surface area contributed by atoms with Crippen molar-refractivity contribution < 1.29 is 29.3 Å². The Morgan fingerprint density at radius 2 is 1.00 bits per heavy atom. The second-order valence-electron chi connectivity index (χ2n) is 13.2. The maximum absolute atomic E-state index is 11.5. The van der Waals surface area contributed by atoms with Crippen LogP contribution in [0.15, 0.2) is 47.1 Å². The lowest BCUT2D eigenvalue weighted by Gasteiger charge is -2.30. The van der Waals surface area contributed by atoms with Gasteiger partial charge in [-0.2, -0.15) is 0 Å². The van der Waals surface area contributed by atoms with Gasteiger partial charge in [0, 0.05) is 33.0 Å². The van der Waals surface area contributed by atoms with Crippen LogP contribution in [0.1, 0.15) is 129 Å². The van der Waals surface area contributed by atoms with Crippen LogP contribution in [0.4, 0.5) is 9.59 Å². The van der Waals surface area contributed by atoms with Gasteiger partial charge in [0.2, 0.25) is 0 Å². The van der Waals surface area contributed by atoms with Crippen LogP contribution >= 0.6 is 0 Å². The molecule has 8 nitrogen and oxygen atoms in total. The highest BCUT2D eigenvalue weighted by molar-refractivity contribution is 5.67. The van der Waals surface area contributed by atoms with Crippen LogP contribution < -0.4 is 10.6 Å².